The van der Waals surface area contributed by atoms with Crippen molar-refractivity contribution in [3.63, 3.8) is 0 Å². The molecule has 0 bridgehead atoms. The zero-order valence-corrected chi connectivity index (χ0v) is 22.4. The van der Waals surface area contributed by atoms with Crippen molar-refractivity contribution >= 4 is 36.9 Å². The molecule has 206 valence electrons. The van der Waals surface area contributed by atoms with Crippen LogP contribution in [-0.4, -0.2) is 63.9 Å². The molecule has 1 aliphatic rings. The number of piperazine rings is 1. The van der Waals surface area contributed by atoms with Crippen LogP contribution >= 0.6 is 11.3 Å². The molecule has 2 atom stereocenters. The Morgan fingerprint density at radius 1 is 1.00 bits per heavy atom. The van der Waals surface area contributed by atoms with Crippen LogP contribution in [0, 0.1) is 5.82 Å². The summed E-state index contributed by atoms with van der Waals surface area (Å²) in [5.74, 6) is -1.32. The molecule has 38 heavy (non-hydrogen) atoms. The van der Waals surface area contributed by atoms with E-state index in [0.717, 1.165) is 35.6 Å². The third-order valence-electron chi connectivity index (χ3n) is 6.41. The molecule has 1 aromatic heterocycles. The van der Waals surface area contributed by atoms with Crippen molar-refractivity contribution in [1.29, 1.82) is 0 Å². The molecule has 1 N–H and O–H groups in total. The number of anilines is 1. The molecule has 0 radical (unpaired) electrons. The number of alkyl halides is 3. The van der Waals surface area contributed by atoms with Gasteiger partial charge in [0.05, 0.1) is 16.7 Å². The van der Waals surface area contributed by atoms with Gasteiger partial charge in [0.1, 0.15) is 10.0 Å². The molecule has 0 spiro atoms. The van der Waals surface area contributed by atoms with Crippen LogP contribution < -0.4 is 4.90 Å². The number of sulfonamides is 1. The summed E-state index contributed by atoms with van der Waals surface area (Å²) in [4.78, 5) is 1.33. The zero-order chi connectivity index (χ0) is 27.9. The number of halogens is 4. The Morgan fingerprint density at radius 3 is 2.26 bits per heavy atom. The maximum Gasteiger partial charge on any atom is 0.421 e. The Hall–Kier alpha value is -2.52. The standard InChI is InChI=1S/C24H24F4N2O5S3/c1-23(31,24(26,27)28)17-7-9-19(10-8-17)30-12-11-29(38(34,35)22-6-3-13-36-22)15-20(30)16-37(32,33)21-5-2-4-18(25)14-21/h2-10,13-14,20,31H,11-12,15-16H2,1H3/t20-,23-/m1/s1. The first-order chi connectivity index (χ1) is 17.6. The van der Waals surface area contributed by atoms with Crippen molar-refractivity contribution < 1.29 is 39.5 Å². The molecule has 1 saturated heterocycles. The van der Waals surface area contributed by atoms with Crippen LogP contribution in [0.15, 0.2) is 75.1 Å². The highest BCUT2D eigenvalue weighted by Crippen LogP contribution is 2.39. The van der Waals surface area contributed by atoms with E-state index in [-0.39, 0.29) is 28.7 Å². The predicted octanol–water partition coefficient (Wildman–Crippen LogP) is 4.01. The van der Waals surface area contributed by atoms with Crippen molar-refractivity contribution in [2.45, 2.75) is 33.8 Å². The summed E-state index contributed by atoms with van der Waals surface area (Å²) in [6.45, 7) is 0.448. The lowest BCUT2D eigenvalue weighted by molar-refractivity contribution is -0.258. The van der Waals surface area contributed by atoms with E-state index < -0.39 is 54.8 Å². The summed E-state index contributed by atoms with van der Waals surface area (Å²) < 4.78 is 108. The van der Waals surface area contributed by atoms with Crippen molar-refractivity contribution in [1.82, 2.24) is 4.31 Å². The number of hydrogen-bond acceptors (Lipinski definition) is 7. The second-order valence-corrected chi connectivity index (χ2v) is 14.1. The molecule has 2 heterocycles. The molecule has 0 aliphatic carbocycles. The third-order valence-corrected chi connectivity index (χ3v) is 11.4. The highest BCUT2D eigenvalue weighted by atomic mass is 32.2. The molecule has 14 heteroatoms. The van der Waals surface area contributed by atoms with Crippen LogP contribution in [-0.2, 0) is 25.5 Å². The topological polar surface area (TPSA) is 95.0 Å². The summed E-state index contributed by atoms with van der Waals surface area (Å²) >= 11 is 1.02. The average molecular weight is 593 g/mol. The Kier molecular flexibility index (Phi) is 7.67. The molecule has 1 aliphatic heterocycles. The lowest BCUT2D eigenvalue weighted by Crippen LogP contribution is -2.57. The van der Waals surface area contributed by atoms with Crippen LogP contribution in [0.1, 0.15) is 12.5 Å². The first-order valence-corrected chi connectivity index (χ1v) is 15.3. The second-order valence-electron chi connectivity index (χ2n) is 9.00. The number of sulfone groups is 1. The van der Waals surface area contributed by atoms with E-state index in [9.17, 15) is 39.5 Å². The quantitative estimate of drug-likeness (QED) is 0.417. The number of nitrogens with zero attached hydrogens (tertiary/aromatic N) is 2. The molecule has 0 saturated carbocycles. The second kappa shape index (κ2) is 10.2. The van der Waals surface area contributed by atoms with E-state index in [0.29, 0.717) is 12.6 Å². The molecular weight excluding hydrogens is 568 g/mol. The molecule has 2 aromatic carbocycles. The molecule has 4 rings (SSSR count). The zero-order valence-electron chi connectivity index (χ0n) is 20.0. The van der Waals surface area contributed by atoms with E-state index in [4.69, 9.17) is 0 Å². The van der Waals surface area contributed by atoms with Gasteiger partial charge in [-0.2, -0.15) is 17.5 Å². The van der Waals surface area contributed by atoms with Crippen LogP contribution in [0.3, 0.4) is 0 Å². The molecule has 7 nitrogen and oxygen atoms in total. The minimum Gasteiger partial charge on any atom is -0.376 e. The predicted molar refractivity (Wildman–Crippen MR) is 135 cm³/mol. The van der Waals surface area contributed by atoms with Gasteiger partial charge in [-0.05, 0) is 54.3 Å². The average Bonchev–Trinajstić information content (AvgIpc) is 3.39. The molecule has 0 amide bonds. The summed E-state index contributed by atoms with van der Waals surface area (Å²) in [5, 5.41) is 11.6. The SMILES string of the molecule is C[C@@](O)(c1ccc(N2CCN(S(=O)(=O)c3cccs3)C[C@@H]2CS(=O)(=O)c2cccc(F)c2)cc1)C(F)(F)F. The molecule has 0 unspecified atom stereocenters. The minimum atomic E-state index is -4.92. The highest BCUT2D eigenvalue weighted by Gasteiger charge is 2.51. The molecule has 3 aromatic rings. The van der Waals surface area contributed by atoms with Gasteiger partial charge < -0.3 is 10.0 Å². The number of rotatable bonds is 7. The van der Waals surface area contributed by atoms with Gasteiger partial charge in [-0.1, -0.05) is 24.3 Å². The van der Waals surface area contributed by atoms with E-state index in [1.54, 1.807) is 16.3 Å². The highest BCUT2D eigenvalue weighted by molar-refractivity contribution is 7.91. The maximum absolute atomic E-state index is 13.7. The first kappa shape index (κ1) is 28.5. The van der Waals surface area contributed by atoms with Gasteiger partial charge in [0.15, 0.2) is 15.4 Å². The van der Waals surface area contributed by atoms with Crippen LogP contribution in [0.2, 0.25) is 0 Å². The van der Waals surface area contributed by atoms with E-state index in [1.165, 1.54) is 34.6 Å². The Labute approximate surface area is 221 Å². The summed E-state index contributed by atoms with van der Waals surface area (Å²) in [7, 11) is -8.00. The lowest BCUT2D eigenvalue weighted by Gasteiger charge is -2.42. The van der Waals surface area contributed by atoms with E-state index in [2.05, 4.69) is 0 Å². The number of aliphatic hydroxyl groups is 1. The minimum absolute atomic E-state index is 0.00123. The normalized spacial score (nSPS) is 19.3. The van der Waals surface area contributed by atoms with Crippen molar-refractivity contribution in [2.24, 2.45) is 0 Å². The Bertz CT molecular complexity index is 1490. The first-order valence-electron chi connectivity index (χ1n) is 11.3. The molecule has 1 fully saturated rings. The third kappa shape index (κ3) is 5.59. The number of thiophene rings is 1. The van der Waals surface area contributed by atoms with Gasteiger partial charge in [-0.15, -0.1) is 11.3 Å². The summed E-state index contributed by atoms with van der Waals surface area (Å²) in [5.41, 5.74) is -3.16. The van der Waals surface area contributed by atoms with Gasteiger partial charge in [0, 0.05) is 25.3 Å². The van der Waals surface area contributed by atoms with Gasteiger partial charge in [0.2, 0.25) is 0 Å². The monoisotopic (exact) mass is 592 g/mol. The van der Waals surface area contributed by atoms with Gasteiger partial charge in [0.25, 0.3) is 10.0 Å². The fourth-order valence-corrected chi connectivity index (χ4v) is 8.39. The smallest absolute Gasteiger partial charge is 0.376 e. The Morgan fingerprint density at radius 2 is 1.68 bits per heavy atom. The summed E-state index contributed by atoms with van der Waals surface area (Å²) in [6.07, 6.45) is -4.92. The van der Waals surface area contributed by atoms with Crippen molar-refractivity contribution in [3.05, 3.63) is 77.4 Å². The number of benzene rings is 2. The number of hydrogen-bond donors (Lipinski definition) is 1. The molecular formula is C24H24F4N2O5S3. The van der Waals surface area contributed by atoms with Crippen molar-refractivity contribution in [3.8, 4) is 0 Å². The fourth-order valence-electron chi connectivity index (χ4n) is 4.22. The lowest BCUT2D eigenvalue weighted by atomic mass is 9.95. The largest absolute Gasteiger partial charge is 0.421 e. The Balaban J connectivity index is 1.68. The van der Waals surface area contributed by atoms with E-state index >= 15 is 0 Å². The van der Waals surface area contributed by atoms with Crippen LogP contribution in [0.25, 0.3) is 0 Å². The maximum atomic E-state index is 13.7. The van der Waals surface area contributed by atoms with E-state index in [1.807, 2.05) is 0 Å². The summed E-state index contributed by atoms with van der Waals surface area (Å²) in [6, 6.07) is 11.4. The van der Waals surface area contributed by atoms with Gasteiger partial charge >= 0.3 is 6.18 Å². The van der Waals surface area contributed by atoms with Crippen LogP contribution in [0.4, 0.5) is 23.2 Å². The van der Waals surface area contributed by atoms with Crippen LogP contribution in [0.5, 0.6) is 0 Å². The fraction of sp³-hybridized carbons (Fsp3) is 0.333. The van der Waals surface area contributed by atoms with Gasteiger partial charge in [-0.3, -0.25) is 0 Å². The van der Waals surface area contributed by atoms with Crippen molar-refractivity contribution in [2.75, 3.05) is 30.3 Å². The van der Waals surface area contributed by atoms with Gasteiger partial charge in [-0.25, -0.2) is 21.2 Å².